The van der Waals surface area contributed by atoms with Gasteiger partial charge in [0.15, 0.2) is 4.90 Å². The Morgan fingerprint density at radius 2 is 1.79 bits per heavy atom. The molecule has 2 heterocycles. The summed E-state index contributed by atoms with van der Waals surface area (Å²) in [6.07, 6.45) is 0. The molecule has 6 nitrogen and oxygen atoms in total. The van der Waals surface area contributed by atoms with Crippen molar-refractivity contribution in [2.24, 2.45) is 0 Å². The van der Waals surface area contributed by atoms with E-state index in [1.165, 1.54) is 39.9 Å². The van der Waals surface area contributed by atoms with E-state index in [0.717, 1.165) is 11.3 Å². The van der Waals surface area contributed by atoms with E-state index in [9.17, 15) is 22.5 Å². The second kappa shape index (κ2) is 9.96. The van der Waals surface area contributed by atoms with E-state index in [2.05, 4.69) is 4.90 Å². The van der Waals surface area contributed by atoms with Crippen LogP contribution < -0.4 is 4.90 Å². The van der Waals surface area contributed by atoms with Gasteiger partial charge in [-0.3, -0.25) is 0 Å². The van der Waals surface area contributed by atoms with Crippen LogP contribution in [0.25, 0.3) is 0 Å². The lowest BCUT2D eigenvalue weighted by molar-refractivity contribution is 0.0786. The van der Waals surface area contributed by atoms with Gasteiger partial charge >= 0.3 is 0 Å². The normalized spacial score (nSPS) is 18.7. The van der Waals surface area contributed by atoms with Crippen LogP contribution >= 0.6 is 11.3 Å². The van der Waals surface area contributed by atoms with Crippen LogP contribution in [0, 0.1) is 5.82 Å². The molecular formula is C24H27FN2O4S3. The Bertz CT molecular complexity index is 1190. The number of benzene rings is 2. The number of aliphatic hydroxyl groups is 1. The van der Waals surface area contributed by atoms with Crippen molar-refractivity contribution in [2.75, 3.05) is 30.3 Å². The molecule has 1 N–H and O–H groups in total. The van der Waals surface area contributed by atoms with Gasteiger partial charge in [-0.1, -0.05) is 18.2 Å². The van der Waals surface area contributed by atoms with E-state index >= 15 is 0 Å². The summed E-state index contributed by atoms with van der Waals surface area (Å²) in [5, 5.41) is 12.0. The van der Waals surface area contributed by atoms with Crippen molar-refractivity contribution in [1.82, 2.24) is 4.31 Å². The zero-order chi connectivity index (χ0) is 24.5. The molecular weight excluding hydrogens is 495 g/mol. The molecule has 34 heavy (non-hydrogen) atoms. The minimum Gasteiger partial charge on any atom is -0.611 e. The smallest absolute Gasteiger partial charge is 0.252 e. The van der Waals surface area contributed by atoms with Gasteiger partial charge in [0, 0.05) is 25.3 Å². The number of piperazine rings is 1. The molecule has 182 valence electrons. The van der Waals surface area contributed by atoms with Gasteiger partial charge < -0.3 is 14.6 Å². The largest absolute Gasteiger partial charge is 0.611 e. The van der Waals surface area contributed by atoms with Crippen LogP contribution in [-0.4, -0.2) is 53.8 Å². The highest BCUT2D eigenvalue weighted by Gasteiger charge is 2.37. The topological polar surface area (TPSA) is 83.9 Å². The lowest BCUT2D eigenvalue weighted by Gasteiger charge is -2.41. The summed E-state index contributed by atoms with van der Waals surface area (Å²) < 4.78 is 54.5. The zero-order valence-electron chi connectivity index (χ0n) is 18.9. The van der Waals surface area contributed by atoms with Crippen LogP contribution in [-0.2, 0) is 26.8 Å². The molecule has 0 saturated carbocycles. The molecule has 10 heteroatoms. The molecule has 0 aliphatic carbocycles. The molecule has 2 aromatic carbocycles. The SMILES string of the molecule is CC(C)(O)c1ccc(N2CCN(S(=O)(=O)c3cccs3)C[C@@H]2C[S@+]([O-])c2ccc(F)cc2)cc1. The lowest BCUT2D eigenvalue weighted by atomic mass is 9.98. The maximum atomic E-state index is 13.3. The lowest BCUT2D eigenvalue weighted by Crippen LogP contribution is -2.57. The first-order chi connectivity index (χ1) is 16.1. The molecule has 1 fully saturated rings. The molecule has 3 aromatic rings. The summed E-state index contributed by atoms with van der Waals surface area (Å²) >= 11 is -0.272. The predicted octanol–water partition coefficient (Wildman–Crippen LogP) is 3.80. The average Bonchev–Trinajstić information content (AvgIpc) is 3.35. The van der Waals surface area contributed by atoms with Crippen molar-refractivity contribution in [2.45, 2.75) is 34.6 Å². The highest BCUT2D eigenvalue weighted by Crippen LogP contribution is 2.30. The van der Waals surface area contributed by atoms with Crippen molar-refractivity contribution >= 4 is 38.2 Å². The van der Waals surface area contributed by atoms with Crippen LogP contribution in [0.2, 0.25) is 0 Å². The first kappa shape index (κ1) is 25.2. The number of nitrogens with zero attached hydrogens (tertiary/aromatic N) is 2. The summed E-state index contributed by atoms with van der Waals surface area (Å²) in [6.45, 7) is 4.33. The average molecular weight is 523 g/mol. The minimum atomic E-state index is -3.65. The van der Waals surface area contributed by atoms with Crippen LogP contribution in [0.15, 0.2) is 75.1 Å². The molecule has 1 aromatic heterocycles. The van der Waals surface area contributed by atoms with Crippen molar-refractivity contribution < 1.29 is 22.5 Å². The maximum absolute atomic E-state index is 13.3. The molecule has 1 aliphatic heterocycles. The third-order valence-corrected chi connectivity index (χ3v) is 10.6. The number of anilines is 1. The van der Waals surface area contributed by atoms with Gasteiger partial charge in [0.1, 0.15) is 15.8 Å². The first-order valence-electron chi connectivity index (χ1n) is 10.8. The summed E-state index contributed by atoms with van der Waals surface area (Å²) in [5.74, 6) is -0.213. The Labute approximate surface area is 206 Å². The van der Waals surface area contributed by atoms with Crippen molar-refractivity contribution in [3.05, 3.63) is 77.4 Å². The van der Waals surface area contributed by atoms with Gasteiger partial charge in [0.25, 0.3) is 10.0 Å². The first-order valence-corrected chi connectivity index (χ1v) is 14.5. The third kappa shape index (κ3) is 5.48. The zero-order valence-corrected chi connectivity index (χ0v) is 21.4. The van der Waals surface area contributed by atoms with Crippen LogP contribution in [0.4, 0.5) is 10.1 Å². The Morgan fingerprint density at radius 3 is 2.38 bits per heavy atom. The quantitative estimate of drug-likeness (QED) is 0.477. The van der Waals surface area contributed by atoms with Gasteiger partial charge in [-0.05, 0) is 78.4 Å². The van der Waals surface area contributed by atoms with Gasteiger partial charge in [-0.15, -0.1) is 11.3 Å². The Kier molecular flexibility index (Phi) is 7.37. The van der Waals surface area contributed by atoms with Gasteiger partial charge in [0.2, 0.25) is 0 Å². The number of thiophene rings is 1. The van der Waals surface area contributed by atoms with E-state index in [1.54, 1.807) is 31.4 Å². The van der Waals surface area contributed by atoms with E-state index in [0.29, 0.717) is 18.0 Å². The van der Waals surface area contributed by atoms with E-state index in [1.807, 2.05) is 24.3 Å². The number of rotatable bonds is 7. The standard InChI is InChI=1S/C24H27FN2O4S3/c1-24(2,28)18-5-9-20(10-6-18)27-14-13-26(34(30,31)23-4-3-15-32-23)16-21(27)17-33(29)22-11-7-19(25)8-12-22/h3-12,15,21,28H,13-14,16-17H2,1-2H3/t21-,33+/m1/s1. The Morgan fingerprint density at radius 1 is 1.12 bits per heavy atom. The maximum Gasteiger partial charge on any atom is 0.252 e. The summed E-state index contributed by atoms with van der Waals surface area (Å²) in [6, 6.07) is 16.0. The third-order valence-electron chi connectivity index (χ3n) is 5.86. The van der Waals surface area contributed by atoms with Gasteiger partial charge in [0.05, 0.1) is 11.6 Å². The van der Waals surface area contributed by atoms with Gasteiger partial charge in [-0.25, -0.2) is 12.8 Å². The fourth-order valence-corrected chi connectivity index (χ4v) is 7.86. The van der Waals surface area contributed by atoms with Crippen LogP contribution in [0.5, 0.6) is 0 Å². The van der Waals surface area contributed by atoms with Crippen molar-refractivity contribution in [3.8, 4) is 0 Å². The molecule has 0 bridgehead atoms. The molecule has 2 atom stereocenters. The number of sulfonamides is 1. The number of hydrogen-bond donors (Lipinski definition) is 1. The summed E-state index contributed by atoms with van der Waals surface area (Å²) in [7, 11) is -3.65. The van der Waals surface area contributed by atoms with Crippen molar-refractivity contribution in [1.29, 1.82) is 0 Å². The minimum absolute atomic E-state index is 0.181. The fraction of sp³-hybridized carbons (Fsp3) is 0.333. The Balaban J connectivity index is 1.61. The van der Waals surface area contributed by atoms with Crippen LogP contribution in [0.3, 0.4) is 0 Å². The van der Waals surface area contributed by atoms with E-state index in [-0.39, 0.29) is 22.5 Å². The van der Waals surface area contributed by atoms with E-state index in [4.69, 9.17) is 0 Å². The monoisotopic (exact) mass is 522 g/mol. The molecule has 0 unspecified atom stereocenters. The number of halogens is 1. The molecule has 4 rings (SSSR count). The highest BCUT2D eigenvalue weighted by atomic mass is 32.2. The van der Waals surface area contributed by atoms with Gasteiger partial charge in [-0.2, -0.15) is 4.31 Å². The second-order valence-electron chi connectivity index (χ2n) is 8.71. The molecule has 0 amide bonds. The van der Waals surface area contributed by atoms with E-state index < -0.39 is 32.6 Å². The summed E-state index contributed by atoms with van der Waals surface area (Å²) in [4.78, 5) is 2.56. The molecule has 0 spiro atoms. The van der Waals surface area contributed by atoms with Crippen molar-refractivity contribution in [3.63, 3.8) is 0 Å². The second-order valence-corrected chi connectivity index (χ2v) is 13.3. The number of hydrogen-bond acceptors (Lipinski definition) is 6. The molecule has 0 radical (unpaired) electrons. The molecule has 1 aliphatic rings. The van der Waals surface area contributed by atoms with Crippen LogP contribution in [0.1, 0.15) is 19.4 Å². The summed E-state index contributed by atoms with van der Waals surface area (Å²) in [5.41, 5.74) is 0.652. The molecule has 1 saturated heterocycles. The highest BCUT2D eigenvalue weighted by molar-refractivity contribution is 7.91. The Hall–Kier alpha value is -1.95. The fourth-order valence-electron chi connectivity index (χ4n) is 3.98. The predicted molar refractivity (Wildman–Crippen MR) is 134 cm³/mol.